The number of anilines is 2. The van der Waals surface area contributed by atoms with Gasteiger partial charge in [-0.05, 0) is 36.8 Å². The van der Waals surface area contributed by atoms with Crippen LogP contribution in [0.1, 0.15) is 23.7 Å². The van der Waals surface area contributed by atoms with Crippen molar-refractivity contribution in [3.05, 3.63) is 54.0 Å². The van der Waals surface area contributed by atoms with Gasteiger partial charge >= 0.3 is 6.09 Å². The van der Waals surface area contributed by atoms with Gasteiger partial charge in [0.25, 0.3) is 5.91 Å². The van der Waals surface area contributed by atoms with Crippen molar-refractivity contribution < 1.29 is 18.7 Å². The van der Waals surface area contributed by atoms with Crippen molar-refractivity contribution in [1.29, 1.82) is 0 Å². The number of halogens is 1. The minimum Gasteiger partial charge on any atom is -0.444 e. The lowest BCUT2D eigenvalue weighted by molar-refractivity contribution is 0.102. The van der Waals surface area contributed by atoms with Gasteiger partial charge in [0.05, 0.1) is 17.8 Å². The highest BCUT2D eigenvalue weighted by molar-refractivity contribution is 6.04. The number of hydrogen-bond donors (Lipinski definition) is 1. The number of aromatic nitrogens is 1. The van der Waals surface area contributed by atoms with Crippen molar-refractivity contribution in [3.8, 4) is 0 Å². The molecule has 0 saturated carbocycles. The molecule has 3 rings (SSSR count). The number of hydrogen-bond acceptors (Lipinski definition) is 4. The average molecular weight is 329 g/mol. The molecule has 1 N–H and O–H groups in total. The Morgan fingerprint density at radius 3 is 2.88 bits per heavy atom. The molecule has 2 amide bonds. The molecule has 1 aromatic carbocycles. The molecule has 1 aliphatic heterocycles. The lowest BCUT2D eigenvalue weighted by Crippen LogP contribution is -2.25. The first-order valence-corrected chi connectivity index (χ1v) is 7.58. The van der Waals surface area contributed by atoms with Crippen molar-refractivity contribution >= 4 is 23.5 Å². The smallest absolute Gasteiger partial charge is 0.414 e. The summed E-state index contributed by atoms with van der Waals surface area (Å²) in [7, 11) is 0. The van der Waals surface area contributed by atoms with Crippen LogP contribution in [0, 0.1) is 5.82 Å². The van der Waals surface area contributed by atoms with Crippen LogP contribution in [-0.4, -0.2) is 29.6 Å². The van der Waals surface area contributed by atoms with Crippen LogP contribution in [-0.2, 0) is 4.74 Å². The zero-order valence-electron chi connectivity index (χ0n) is 13.0. The third-order valence-corrected chi connectivity index (χ3v) is 3.74. The van der Waals surface area contributed by atoms with Crippen LogP contribution < -0.4 is 10.2 Å². The molecular formula is C17H16FN3O3. The van der Waals surface area contributed by atoms with E-state index >= 15 is 0 Å². The van der Waals surface area contributed by atoms with Gasteiger partial charge < -0.3 is 10.1 Å². The van der Waals surface area contributed by atoms with E-state index in [2.05, 4.69) is 10.3 Å². The van der Waals surface area contributed by atoms with Crippen LogP contribution in [0.15, 0.2) is 42.6 Å². The second kappa shape index (κ2) is 6.66. The molecule has 1 fully saturated rings. The molecule has 0 bridgehead atoms. The van der Waals surface area contributed by atoms with Crippen LogP contribution in [0.5, 0.6) is 0 Å². The molecule has 1 aromatic heterocycles. The zero-order valence-corrected chi connectivity index (χ0v) is 13.0. The number of rotatable bonds is 4. The second-order valence-corrected chi connectivity index (χ2v) is 5.36. The Labute approximate surface area is 138 Å². The number of carbonyl (C=O) groups excluding carboxylic acids is 2. The molecular weight excluding hydrogens is 313 g/mol. The molecule has 0 aliphatic carbocycles. The van der Waals surface area contributed by atoms with Crippen LogP contribution in [0.2, 0.25) is 0 Å². The molecule has 2 aromatic rings. The Kier molecular flexibility index (Phi) is 4.41. The normalized spacial score (nSPS) is 16.8. The Hall–Kier alpha value is -2.96. The Bertz CT molecular complexity index is 767. The highest BCUT2D eigenvalue weighted by atomic mass is 19.1. The number of carbonyl (C=O) groups is 2. The lowest BCUT2D eigenvalue weighted by atomic mass is 10.1. The van der Waals surface area contributed by atoms with E-state index in [4.69, 9.17) is 4.74 Å². The lowest BCUT2D eigenvalue weighted by Gasteiger charge is -2.14. The number of nitrogens with one attached hydrogen (secondary N) is 1. The highest BCUT2D eigenvalue weighted by Gasteiger charge is 2.31. The summed E-state index contributed by atoms with van der Waals surface area (Å²) in [6, 6.07) is 9.06. The van der Waals surface area contributed by atoms with E-state index in [0.29, 0.717) is 24.5 Å². The maximum Gasteiger partial charge on any atom is 0.414 e. The maximum absolute atomic E-state index is 14.3. The van der Waals surface area contributed by atoms with E-state index in [9.17, 15) is 14.0 Å². The molecule has 1 aliphatic rings. The fourth-order valence-electron chi connectivity index (χ4n) is 2.42. The minimum absolute atomic E-state index is 0.121. The van der Waals surface area contributed by atoms with Gasteiger partial charge in [-0.3, -0.25) is 9.69 Å². The molecule has 2 heterocycles. The van der Waals surface area contributed by atoms with E-state index in [1.54, 1.807) is 18.2 Å². The monoisotopic (exact) mass is 329 g/mol. The zero-order chi connectivity index (χ0) is 17.1. The predicted molar refractivity (Wildman–Crippen MR) is 86.5 cm³/mol. The third-order valence-electron chi connectivity index (χ3n) is 3.74. The van der Waals surface area contributed by atoms with Crippen LogP contribution >= 0.6 is 0 Å². The molecule has 7 heteroatoms. The Balaban J connectivity index is 1.78. The first-order valence-electron chi connectivity index (χ1n) is 7.58. The fraction of sp³-hybridized carbons (Fsp3) is 0.235. The number of amides is 2. The summed E-state index contributed by atoms with van der Waals surface area (Å²) in [5, 5.41) is 2.52. The molecule has 1 saturated heterocycles. The quantitative estimate of drug-likeness (QED) is 0.935. The second-order valence-electron chi connectivity index (χ2n) is 5.36. The summed E-state index contributed by atoms with van der Waals surface area (Å²) in [6.07, 6.45) is 1.51. The topological polar surface area (TPSA) is 71.5 Å². The molecule has 124 valence electrons. The van der Waals surface area contributed by atoms with Gasteiger partial charge in [-0.2, -0.15) is 0 Å². The largest absolute Gasteiger partial charge is 0.444 e. The summed E-state index contributed by atoms with van der Waals surface area (Å²) in [4.78, 5) is 29.3. The van der Waals surface area contributed by atoms with Crippen molar-refractivity contribution in [3.63, 3.8) is 0 Å². The van der Waals surface area contributed by atoms with Gasteiger partial charge in [-0.1, -0.05) is 13.0 Å². The number of benzene rings is 1. The molecule has 6 nitrogen and oxygen atoms in total. The minimum atomic E-state index is -0.714. The molecule has 24 heavy (non-hydrogen) atoms. The Morgan fingerprint density at radius 1 is 1.42 bits per heavy atom. The van der Waals surface area contributed by atoms with Gasteiger partial charge in [0.1, 0.15) is 17.7 Å². The van der Waals surface area contributed by atoms with Crippen LogP contribution in [0.4, 0.5) is 20.7 Å². The molecule has 1 atom stereocenters. The van der Waals surface area contributed by atoms with Crippen molar-refractivity contribution in [2.45, 2.75) is 19.4 Å². The number of ether oxygens (including phenoxy) is 1. The first kappa shape index (κ1) is 15.9. The van der Waals surface area contributed by atoms with E-state index < -0.39 is 17.8 Å². The highest BCUT2D eigenvalue weighted by Crippen LogP contribution is 2.25. The van der Waals surface area contributed by atoms with E-state index in [0.717, 1.165) is 6.07 Å². The van der Waals surface area contributed by atoms with Gasteiger partial charge in [0.2, 0.25) is 0 Å². The van der Waals surface area contributed by atoms with Crippen molar-refractivity contribution in [2.75, 3.05) is 16.8 Å². The summed E-state index contributed by atoms with van der Waals surface area (Å²) in [5.74, 6) is -0.984. The van der Waals surface area contributed by atoms with E-state index in [-0.39, 0.29) is 11.7 Å². The summed E-state index contributed by atoms with van der Waals surface area (Å²) in [5.41, 5.74) is 0.242. The van der Waals surface area contributed by atoms with Crippen LogP contribution in [0.3, 0.4) is 0 Å². The fourth-order valence-corrected chi connectivity index (χ4v) is 2.42. The van der Waals surface area contributed by atoms with Gasteiger partial charge in [0.15, 0.2) is 0 Å². The van der Waals surface area contributed by atoms with Crippen molar-refractivity contribution in [1.82, 2.24) is 4.98 Å². The predicted octanol–water partition coefficient (Wildman–Crippen LogP) is 3.21. The van der Waals surface area contributed by atoms with E-state index in [1.807, 2.05) is 6.92 Å². The average Bonchev–Trinajstić information content (AvgIpc) is 2.96. The third kappa shape index (κ3) is 3.19. The van der Waals surface area contributed by atoms with Crippen molar-refractivity contribution in [2.24, 2.45) is 0 Å². The van der Waals surface area contributed by atoms with Gasteiger partial charge in [-0.15, -0.1) is 0 Å². The summed E-state index contributed by atoms with van der Waals surface area (Å²) in [6.45, 7) is 2.28. The van der Waals surface area contributed by atoms with Crippen LogP contribution in [0.25, 0.3) is 0 Å². The number of nitrogens with zero attached hydrogens (tertiary/aromatic N) is 2. The standard InChI is InChI=1S/C17H16FN3O3/c1-2-12-10-21(17(23)24-12)11-6-7-13(14(18)9-11)16(22)20-15-5-3-4-8-19-15/h3-9,12H,2,10H2,1H3,(H,19,20,22)/t12-/m0/s1. The van der Waals surface area contributed by atoms with Gasteiger partial charge in [0, 0.05) is 6.20 Å². The molecule has 0 radical (unpaired) electrons. The summed E-state index contributed by atoms with van der Waals surface area (Å²) < 4.78 is 19.5. The number of pyridine rings is 1. The van der Waals surface area contributed by atoms with E-state index in [1.165, 1.54) is 23.2 Å². The van der Waals surface area contributed by atoms with Gasteiger partial charge in [-0.25, -0.2) is 14.2 Å². The maximum atomic E-state index is 14.3. The molecule has 0 spiro atoms. The Morgan fingerprint density at radius 2 is 2.25 bits per heavy atom. The first-order chi connectivity index (χ1) is 11.6. The summed E-state index contributed by atoms with van der Waals surface area (Å²) >= 11 is 0. The SMILES string of the molecule is CC[C@H]1CN(c2ccc(C(=O)Nc3ccccn3)c(F)c2)C(=O)O1. The molecule has 0 unspecified atom stereocenters. The number of cyclic esters (lactones) is 1.